The number of nitrogens with two attached hydrogens (primary N) is 1. The van der Waals surface area contributed by atoms with Crippen molar-refractivity contribution >= 4 is 34.8 Å². The summed E-state index contributed by atoms with van der Waals surface area (Å²) in [7, 11) is 0. The van der Waals surface area contributed by atoms with Gasteiger partial charge in [-0.2, -0.15) is 4.98 Å². The zero-order valence-electron chi connectivity index (χ0n) is 12.6. The number of fused-ring (bicyclic) bond motifs is 1. The molecule has 3 rings (SSSR count). The number of imidazole rings is 1. The molecule has 0 saturated carbocycles. The van der Waals surface area contributed by atoms with E-state index < -0.39 is 0 Å². The number of carbonyl (C=O) groups excluding carboxylic acids is 1. The Morgan fingerprint density at radius 3 is 2.83 bits per heavy atom. The van der Waals surface area contributed by atoms with Gasteiger partial charge in [0.15, 0.2) is 5.65 Å². The van der Waals surface area contributed by atoms with Crippen LogP contribution in [0.4, 0.5) is 5.95 Å². The van der Waals surface area contributed by atoms with Gasteiger partial charge in [-0.25, -0.2) is 9.97 Å². The first-order chi connectivity index (χ1) is 11.2. The summed E-state index contributed by atoms with van der Waals surface area (Å²) in [5.41, 5.74) is 7.99. The molecule has 1 amide bonds. The summed E-state index contributed by atoms with van der Waals surface area (Å²) in [5, 5.41) is 3.58. The van der Waals surface area contributed by atoms with Crippen molar-refractivity contribution in [2.24, 2.45) is 0 Å². The van der Waals surface area contributed by atoms with E-state index in [1.807, 2.05) is 36.6 Å². The van der Waals surface area contributed by atoms with E-state index in [0.29, 0.717) is 22.7 Å². The molecule has 3 aromatic rings. The second-order valence-corrected chi connectivity index (χ2v) is 5.69. The standard InChI is InChI=1S/C15H16N6OS/c1-23-14-12-13(19-15(16)20-14)21(9-18-12)8-11(22)17-7-10-5-3-2-4-6-10/h2-6,9H,7-8H2,1H3,(H,17,22)(H2,16,19,20). The lowest BCUT2D eigenvalue weighted by Gasteiger charge is -2.07. The molecule has 118 valence electrons. The van der Waals surface area contributed by atoms with Crippen LogP contribution in [0, 0.1) is 0 Å². The van der Waals surface area contributed by atoms with Crippen molar-refractivity contribution in [2.75, 3.05) is 12.0 Å². The Morgan fingerprint density at radius 1 is 1.30 bits per heavy atom. The highest BCUT2D eigenvalue weighted by molar-refractivity contribution is 7.98. The lowest BCUT2D eigenvalue weighted by Crippen LogP contribution is -2.27. The van der Waals surface area contributed by atoms with Crippen LogP contribution in [0.25, 0.3) is 11.2 Å². The number of thioether (sulfide) groups is 1. The van der Waals surface area contributed by atoms with Crippen molar-refractivity contribution < 1.29 is 4.79 Å². The summed E-state index contributed by atoms with van der Waals surface area (Å²) < 4.78 is 1.67. The number of aromatic nitrogens is 4. The summed E-state index contributed by atoms with van der Waals surface area (Å²) in [4.78, 5) is 24.7. The SMILES string of the molecule is CSc1nc(N)nc2c1ncn2CC(=O)NCc1ccccc1. The van der Waals surface area contributed by atoms with Crippen molar-refractivity contribution in [3.05, 3.63) is 42.2 Å². The van der Waals surface area contributed by atoms with Crippen LogP contribution >= 0.6 is 11.8 Å². The van der Waals surface area contributed by atoms with Gasteiger partial charge in [0.05, 0.1) is 6.33 Å². The fourth-order valence-corrected chi connectivity index (χ4v) is 2.72. The molecule has 0 unspecified atom stereocenters. The summed E-state index contributed by atoms with van der Waals surface area (Å²) in [6.45, 7) is 0.618. The van der Waals surface area contributed by atoms with Crippen LogP contribution in [0.2, 0.25) is 0 Å². The first-order valence-corrected chi connectivity index (χ1v) is 8.23. The summed E-state index contributed by atoms with van der Waals surface area (Å²) in [6, 6.07) is 9.75. The highest BCUT2D eigenvalue weighted by atomic mass is 32.2. The van der Waals surface area contributed by atoms with E-state index in [9.17, 15) is 4.79 Å². The third kappa shape index (κ3) is 3.42. The minimum Gasteiger partial charge on any atom is -0.368 e. The predicted molar refractivity (Wildman–Crippen MR) is 89.8 cm³/mol. The fraction of sp³-hybridized carbons (Fsp3) is 0.200. The van der Waals surface area contributed by atoms with Crippen LogP contribution in [0.1, 0.15) is 5.56 Å². The maximum absolute atomic E-state index is 12.1. The average Bonchev–Trinajstić information content (AvgIpc) is 2.96. The highest BCUT2D eigenvalue weighted by Crippen LogP contribution is 2.22. The number of hydrogen-bond donors (Lipinski definition) is 2. The van der Waals surface area contributed by atoms with Gasteiger partial charge in [0.1, 0.15) is 17.1 Å². The van der Waals surface area contributed by atoms with Gasteiger partial charge in [-0.15, -0.1) is 11.8 Å². The molecule has 0 aliphatic carbocycles. The van der Waals surface area contributed by atoms with Gasteiger partial charge < -0.3 is 15.6 Å². The van der Waals surface area contributed by atoms with E-state index in [2.05, 4.69) is 20.3 Å². The minimum atomic E-state index is -0.115. The molecule has 0 fully saturated rings. The maximum Gasteiger partial charge on any atom is 0.240 e. The van der Waals surface area contributed by atoms with Crippen LogP contribution in [-0.4, -0.2) is 31.7 Å². The maximum atomic E-state index is 12.1. The molecule has 0 atom stereocenters. The molecule has 23 heavy (non-hydrogen) atoms. The van der Waals surface area contributed by atoms with Gasteiger partial charge >= 0.3 is 0 Å². The molecule has 3 N–H and O–H groups in total. The van der Waals surface area contributed by atoms with Gasteiger partial charge in [-0.1, -0.05) is 30.3 Å². The number of anilines is 1. The number of hydrogen-bond acceptors (Lipinski definition) is 6. The fourth-order valence-electron chi connectivity index (χ4n) is 2.20. The summed E-state index contributed by atoms with van der Waals surface area (Å²) in [6.07, 6.45) is 3.48. The Morgan fingerprint density at radius 2 is 2.09 bits per heavy atom. The first kappa shape index (κ1) is 15.3. The van der Waals surface area contributed by atoms with Crippen molar-refractivity contribution in [2.45, 2.75) is 18.1 Å². The molecule has 8 heteroatoms. The van der Waals surface area contributed by atoms with E-state index in [-0.39, 0.29) is 18.4 Å². The highest BCUT2D eigenvalue weighted by Gasteiger charge is 2.13. The van der Waals surface area contributed by atoms with E-state index in [4.69, 9.17) is 5.73 Å². The number of rotatable bonds is 5. The molecule has 0 spiro atoms. The summed E-state index contributed by atoms with van der Waals surface area (Å²) >= 11 is 1.44. The molecule has 0 aliphatic heterocycles. The Hall–Kier alpha value is -2.61. The number of benzene rings is 1. The number of nitrogen functional groups attached to an aromatic ring is 1. The molecule has 0 radical (unpaired) electrons. The van der Waals surface area contributed by atoms with Gasteiger partial charge in [0.2, 0.25) is 11.9 Å². The first-order valence-electron chi connectivity index (χ1n) is 7.00. The Labute approximate surface area is 137 Å². The molecular formula is C15H16N6OS. The summed E-state index contributed by atoms with van der Waals surface area (Å²) in [5.74, 6) is 0.0596. The third-order valence-electron chi connectivity index (χ3n) is 3.29. The molecule has 1 aromatic carbocycles. The van der Waals surface area contributed by atoms with Crippen molar-refractivity contribution in [3.63, 3.8) is 0 Å². The lowest BCUT2D eigenvalue weighted by atomic mass is 10.2. The Bertz CT molecular complexity index is 833. The van der Waals surface area contributed by atoms with E-state index in [0.717, 1.165) is 5.56 Å². The molecule has 2 heterocycles. The van der Waals surface area contributed by atoms with Gasteiger partial charge in [-0.3, -0.25) is 4.79 Å². The normalized spacial score (nSPS) is 10.8. The number of amides is 1. The van der Waals surface area contributed by atoms with Crippen LogP contribution in [-0.2, 0) is 17.9 Å². The largest absolute Gasteiger partial charge is 0.368 e. The van der Waals surface area contributed by atoms with Gasteiger partial charge in [-0.05, 0) is 11.8 Å². The van der Waals surface area contributed by atoms with Crippen molar-refractivity contribution in [3.8, 4) is 0 Å². The molecule has 0 bridgehead atoms. The van der Waals surface area contributed by atoms with Crippen LogP contribution < -0.4 is 11.1 Å². The van der Waals surface area contributed by atoms with Gasteiger partial charge in [0, 0.05) is 6.54 Å². The second kappa shape index (κ2) is 6.66. The molecular weight excluding hydrogens is 312 g/mol. The van der Waals surface area contributed by atoms with Crippen LogP contribution in [0.15, 0.2) is 41.7 Å². The van der Waals surface area contributed by atoms with E-state index in [1.165, 1.54) is 11.8 Å². The quantitative estimate of drug-likeness (QED) is 0.543. The molecule has 7 nitrogen and oxygen atoms in total. The van der Waals surface area contributed by atoms with E-state index in [1.54, 1.807) is 10.9 Å². The smallest absolute Gasteiger partial charge is 0.240 e. The third-order valence-corrected chi connectivity index (χ3v) is 3.96. The average molecular weight is 328 g/mol. The zero-order chi connectivity index (χ0) is 16.2. The van der Waals surface area contributed by atoms with Crippen molar-refractivity contribution in [1.29, 1.82) is 0 Å². The Balaban J connectivity index is 1.74. The Kier molecular flexibility index (Phi) is 4.42. The topological polar surface area (TPSA) is 98.7 Å². The lowest BCUT2D eigenvalue weighted by molar-refractivity contribution is -0.121. The number of carbonyl (C=O) groups is 1. The second-order valence-electron chi connectivity index (χ2n) is 4.90. The minimum absolute atomic E-state index is 0.115. The molecule has 0 saturated heterocycles. The predicted octanol–water partition coefficient (Wildman–Crippen LogP) is 1.45. The molecule has 2 aromatic heterocycles. The van der Waals surface area contributed by atoms with Crippen molar-refractivity contribution in [1.82, 2.24) is 24.8 Å². The van der Waals surface area contributed by atoms with Crippen LogP contribution in [0.3, 0.4) is 0 Å². The van der Waals surface area contributed by atoms with Gasteiger partial charge in [0.25, 0.3) is 0 Å². The monoisotopic (exact) mass is 328 g/mol. The van der Waals surface area contributed by atoms with E-state index >= 15 is 0 Å². The van der Waals surface area contributed by atoms with Crippen LogP contribution in [0.5, 0.6) is 0 Å². The molecule has 0 aliphatic rings. The number of nitrogens with one attached hydrogen (secondary N) is 1. The number of nitrogens with zero attached hydrogens (tertiary/aromatic N) is 4. The zero-order valence-corrected chi connectivity index (χ0v) is 13.4.